The minimum Gasteiger partial charge on any atom is -0.494 e. The highest BCUT2D eigenvalue weighted by Crippen LogP contribution is 2.34. The molecule has 82 valence electrons. The summed E-state index contributed by atoms with van der Waals surface area (Å²) in [5, 5.41) is 1.95. The summed E-state index contributed by atoms with van der Waals surface area (Å²) in [4.78, 5) is 10.8. The van der Waals surface area contributed by atoms with Gasteiger partial charge in [0.1, 0.15) is 5.75 Å². The van der Waals surface area contributed by atoms with E-state index < -0.39 is 5.37 Å². The van der Waals surface area contributed by atoms with E-state index in [0.29, 0.717) is 11.4 Å². The molecule has 0 atom stereocenters. The van der Waals surface area contributed by atoms with Gasteiger partial charge in [0.2, 0.25) is 0 Å². The van der Waals surface area contributed by atoms with Crippen LogP contribution in [-0.4, -0.2) is 12.5 Å². The molecule has 1 amide bonds. The summed E-state index contributed by atoms with van der Waals surface area (Å²) in [5.74, 6) is 0.668. The van der Waals surface area contributed by atoms with Gasteiger partial charge in [0.05, 0.1) is 12.8 Å². The summed E-state index contributed by atoms with van der Waals surface area (Å²) in [6.45, 7) is 5.84. The van der Waals surface area contributed by atoms with Crippen LogP contribution in [0.1, 0.15) is 16.7 Å². The highest BCUT2D eigenvalue weighted by Gasteiger charge is 2.13. The Kier molecular flexibility index (Phi) is 3.58. The third-order valence-electron chi connectivity index (χ3n) is 2.41. The Balaban J connectivity index is 3.35. The Labute approximate surface area is 94.4 Å². The lowest BCUT2D eigenvalue weighted by Crippen LogP contribution is -2.06. The van der Waals surface area contributed by atoms with Crippen molar-refractivity contribution < 1.29 is 9.53 Å². The number of benzene rings is 1. The number of methoxy groups -OCH3 is 1. The van der Waals surface area contributed by atoms with E-state index in [4.69, 9.17) is 16.3 Å². The second-order valence-electron chi connectivity index (χ2n) is 3.44. The van der Waals surface area contributed by atoms with Crippen molar-refractivity contribution in [2.75, 3.05) is 12.4 Å². The highest BCUT2D eigenvalue weighted by atomic mass is 35.5. The van der Waals surface area contributed by atoms with Crippen LogP contribution in [0.2, 0.25) is 0 Å². The zero-order valence-corrected chi connectivity index (χ0v) is 10.0. The van der Waals surface area contributed by atoms with Crippen molar-refractivity contribution in [3.63, 3.8) is 0 Å². The first-order chi connectivity index (χ1) is 6.97. The first-order valence-electron chi connectivity index (χ1n) is 4.58. The third-order valence-corrected chi connectivity index (χ3v) is 2.51. The van der Waals surface area contributed by atoms with Crippen LogP contribution < -0.4 is 10.1 Å². The summed E-state index contributed by atoms with van der Waals surface area (Å²) >= 11 is 5.30. The normalized spacial score (nSPS) is 9.93. The molecule has 0 radical (unpaired) electrons. The predicted octanol–water partition coefficient (Wildman–Crippen LogP) is 3.39. The minimum atomic E-state index is -0.611. The lowest BCUT2D eigenvalue weighted by molar-refractivity contribution is 0.268. The molecule has 0 bridgehead atoms. The van der Waals surface area contributed by atoms with Gasteiger partial charge in [0.15, 0.2) is 0 Å². The Morgan fingerprint density at radius 1 is 1.33 bits per heavy atom. The van der Waals surface area contributed by atoms with Crippen molar-refractivity contribution in [1.29, 1.82) is 0 Å². The van der Waals surface area contributed by atoms with Crippen LogP contribution in [-0.2, 0) is 0 Å². The van der Waals surface area contributed by atoms with Gasteiger partial charge in [-0.1, -0.05) is 6.07 Å². The number of anilines is 1. The van der Waals surface area contributed by atoms with Crippen LogP contribution in [0.15, 0.2) is 6.07 Å². The molecule has 0 fully saturated rings. The lowest BCUT2D eigenvalue weighted by atomic mass is 10.0. The van der Waals surface area contributed by atoms with Crippen molar-refractivity contribution in [1.82, 2.24) is 0 Å². The van der Waals surface area contributed by atoms with Crippen molar-refractivity contribution >= 4 is 22.7 Å². The maximum Gasteiger partial charge on any atom is 0.318 e. The molecule has 3 nitrogen and oxygen atoms in total. The monoisotopic (exact) mass is 227 g/mol. The van der Waals surface area contributed by atoms with Gasteiger partial charge in [0.25, 0.3) is 0 Å². The summed E-state index contributed by atoms with van der Waals surface area (Å²) in [6.07, 6.45) is 0. The Hall–Kier alpha value is -1.22. The average Bonchev–Trinajstić information content (AvgIpc) is 2.14. The number of carbonyl (C=O) groups excluding carboxylic acids is 1. The van der Waals surface area contributed by atoms with Crippen LogP contribution >= 0.6 is 11.6 Å². The van der Waals surface area contributed by atoms with E-state index in [1.54, 1.807) is 7.11 Å². The number of amides is 1. The number of hydrogen-bond acceptors (Lipinski definition) is 2. The second-order valence-corrected chi connectivity index (χ2v) is 3.79. The van der Waals surface area contributed by atoms with Crippen LogP contribution in [0.5, 0.6) is 5.75 Å². The fourth-order valence-electron chi connectivity index (χ4n) is 1.56. The number of rotatable bonds is 2. The first-order valence-corrected chi connectivity index (χ1v) is 4.96. The van der Waals surface area contributed by atoms with Crippen molar-refractivity contribution in [3.8, 4) is 5.75 Å². The molecule has 15 heavy (non-hydrogen) atoms. The Morgan fingerprint density at radius 2 is 1.93 bits per heavy atom. The summed E-state index contributed by atoms with van der Waals surface area (Å²) in [7, 11) is 1.57. The van der Waals surface area contributed by atoms with E-state index >= 15 is 0 Å². The van der Waals surface area contributed by atoms with Gasteiger partial charge in [-0.25, -0.2) is 0 Å². The highest BCUT2D eigenvalue weighted by molar-refractivity contribution is 6.65. The molecule has 0 aromatic heterocycles. The van der Waals surface area contributed by atoms with E-state index in [-0.39, 0.29) is 0 Å². The van der Waals surface area contributed by atoms with Crippen LogP contribution in [0, 0.1) is 20.8 Å². The van der Waals surface area contributed by atoms with Gasteiger partial charge in [-0.3, -0.25) is 4.79 Å². The van der Waals surface area contributed by atoms with E-state index in [2.05, 4.69) is 5.32 Å². The van der Waals surface area contributed by atoms with E-state index in [1.165, 1.54) is 0 Å². The van der Waals surface area contributed by atoms with Gasteiger partial charge >= 0.3 is 5.37 Å². The molecule has 0 aliphatic heterocycles. The Morgan fingerprint density at radius 3 is 2.40 bits per heavy atom. The van der Waals surface area contributed by atoms with Crippen LogP contribution in [0.4, 0.5) is 10.5 Å². The molecule has 1 rings (SSSR count). The quantitative estimate of drug-likeness (QED) is 0.621. The molecule has 0 aliphatic rings. The van der Waals surface area contributed by atoms with Crippen molar-refractivity contribution in [3.05, 3.63) is 22.8 Å². The van der Waals surface area contributed by atoms with Crippen molar-refractivity contribution in [2.24, 2.45) is 0 Å². The number of carbonyl (C=O) groups is 1. The van der Waals surface area contributed by atoms with E-state index in [1.807, 2.05) is 26.8 Å². The molecule has 1 aromatic rings. The third kappa shape index (κ3) is 2.42. The number of nitrogens with one attached hydrogen (secondary N) is 1. The molecule has 1 N–H and O–H groups in total. The fraction of sp³-hybridized carbons (Fsp3) is 0.364. The van der Waals surface area contributed by atoms with E-state index in [9.17, 15) is 4.79 Å². The number of hydrogen-bond donors (Lipinski definition) is 1. The molecule has 0 saturated carbocycles. The van der Waals surface area contributed by atoms with E-state index in [0.717, 1.165) is 16.7 Å². The second kappa shape index (κ2) is 4.53. The smallest absolute Gasteiger partial charge is 0.318 e. The maximum absolute atomic E-state index is 10.8. The largest absolute Gasteiger partial charge is 0.494 e. The number of aryl methyl sites for hydroxylation is 2. The average molecular weight is 228 g/mol. The molecule has 0 saturated heterocycles. The van der Waals surface area contributed by atoms with Gasteiger partial charge in [-0.05, 0) is 49.1 Å². The zero-order valence-electron chi connectivity index (χ0n) is 9.27. The molecule has 1 aromatic carbocycles. The molecule has 0 unspecified atom stereocenters. The van der Waals surface area contributed by atoms with Crippen LogP contribution in [0.25, 0.3) is 0 Å². The molecule has 0 spiro atoms. The number of halogens is 1. The topological polar surface area (TPSA) is 38.3 Å². The van der Waals surface area contributed by atoms with Crippen molar-refractivity contribution in [2.45, 2.75) is 20.8 Å². The zero-order chi connectivity index (χ0) is 11.6. The summed E-state index contributed by atoms with van der Waals surface area (Å²) < 4.78 is 5.27. The first kappa shape index (κ1) is 11.9. The summed E-state index contributed by atoms with van der Waals surface area (Å²) in [6, 6.07) is 1.99. The predicted molar refractivity (Wildman–Crippen MR) is 62.1 cm³/mol. The molecule has 0 heterocycles. The molecular weight excluding hydrogens is 214 g/mol. The van der Waals surface area contributed by atoms with Gasteiger partial charge < -0.3 is 10.1 Å². The standard InChI is InChI=1S/C11H14ClNO2/c1-6-5-7(2)9(13-11(12)14)10(15-4)8(6)3/h5H,1-4H3,(H,13,14). The Bertz CT molecular complexity index is 402. The summed E-state index contributed by atoms with van der Waals surface area (Å²) in [5.41, 5.74) is 3.70. The minimum absolute atomic E-state index is 0.611. The van der Waals surface area contributed by atoms with Gasteiger partial charge in [-0.2, -0.15) is 0 Å². The SMILES string of the molecule is COc1c(C)c(C)cc(C)c1NC(=O)Cl. The fourth-order valence-corrected chi connectivity index (χ4v) is 1.65. The molecular formula is C11H14ClNO2. The number of ether oxygens (including phenoxy) is 1. The van der Waals surface area contributed by atoms with Gasteiger partial charge in [-0.15, -0.1) is 0 Å². The molecule has 0 aliphatic carbocycles. The van der Waals surface area contributed by atoms with Gasteiger partial charge in [0, 0.05) is 0 Å². The van der Waals surface area contributed by atoms with Crippen LogP contribution in [0.3, 0.4) is 0 Å². The molecule has 4 heteroatoms. The maximum atomic E-state index is 10.8. The lowest BCUT2D eigenvalue weighted by Gasteiger charge is -2.15.